The third-order valence-corrected chi connectivity index (χ3v) is 2.91. The van der Waals surface area contributed by atoms with Crippen LogP contribution in [0.4, 0.5) is 0 Å². The highest BCUT2D eigenvalue weighted by atomic mass is 16.5. The summed E-state index contributed by atoms with van der Waals surface area (Å²) in [4.78, 5) is 22.5. The van der Waals surface area contributed by atoms with Gasteiger partial charge in [-0.15, -0.1) is 0 Å². The summed E-state index contributed by atoms with van der Waals surface area (Å²) < 4.78 is 10.5. The summed E-state index contributed by atoms with van der Waals surface area (Å²) >= 11 is 0. The zero-order valence-corrected chi connectivity index (χ0v) is 11.9. The normalized spacial score (nSPS) is 10.4. The molecule has 0 saturated carbocycles. The molecule has 110 valence electrons. The molecular formula is C16H16O5. The van der Waals surface area contributed by atoms with Gasteiger partial charge in [0.1, 0.15) is 5.75 Å². The molecule has 2 rings (SSSR count). The van der Waals surface area contributed by atoms with Gasteiger partial charge in [-0.05, 0) is 31.5 Å². The lowest BCUT2D eigenvalue weighted by molar-refractivity contribution is 0.0658. The highest BCUT2D eigenvalue weighted by Gasteiger charge is 2.18. The van der Waals surface area contributed by atoms with E-state index in [4.69, 9.17) is 9.15 Å². The van der Waals surface area contributed by atoms with Gasteiger partial charge in [-0.25, -0.2) is 9.59 Å². The second-order valence-electron chi connectivity index (χ2n) is 4.65. The lowest BCUT2D eigenvalue weighted by Crippen LogP contribution is -2.07. The summed E-state index contributed by atoms with van der Waals surface area (Å²) in [6, 6.07) is 8.13. The maximum atomic E-state index is 11.3. The number of hydrogen-bond donors (Lipinski definition) is 1. The number of ether oxygens (including phenoxy) is 1. The summed E-state index contributed by atoms with van der Waals surface area (Å²) in [6.45, 7) is 4.40. The van der Waals surface area contributed by atoms with Gasteiger partial charge in [0.15, 0.2) is 0 Å². The summed E-state index contributed by atoms with van der Waals surface area (Å²) in [5.74, 6) is -1.10. The second-order valence-corrected chi connectivity index (χ2v) is 4.65. The molecule has 0 fully saturated rings. The largest absolute Gasteiger partial charge is 0.493 e. The van der Waals surface area contributed by atoms with Crippen LogP contribution in [0.15, 0.2) is 39.5 Å². The Hall–Kier alpha value is -2.56. The molecular weight excluding hydrogens is 272 g/mol. The zero-order valence-electron chi connectivity index (χ0n) is 11.9. The van der Waals surface area contributed by atoms with E-state index in [1.165, 1.54) is 12.1 Å². The lowest BCUT2D eigenvalue weighted by Gasteiger charge is -2.13. The van der Waals surface area contributed by atoms with E-state index in [1.807, 2.05) is 26.0 Å². The maximum Gasteiger partial charge on any atom is 0.372 e. The molecule has 0 saturated heterocycles. The van der Waals surface area contributed by atoms with Crippen molar-refractivity contribution in [2.45, 2.75) is 20.3 Å². The first-order valence-electron chi connectivity index (χ1n) is 6.64. The Morgan fingerprint density at radius 3 is 2.67 bits per heavy atom. The number of carboxylic acids is 1. The van der Waals surface area contributed by atoms with Crippen molar-refractivity contribution in [3.8, 4) is 16.9 Å². The third-order valence-electron chi connectivity index (χ3n) is 2.91. The molecule has 1 N–H and O–H groups in total. The summed E-state index contributed by atoms with van der Waals surface area (Å²) in [5.41, 5.74) is 1.19. The van der Waals surface area contributed by atoms with E-state index in [0.29, 0.717) is 23.5 Å². The molecule has 5 heteroatoms. The summed E-state index contributed by atoms with van der Waals surface area (Å²) in [7, 11) is 0. The molecule has 21 heavy (non-hydrogen) atoms. The van der Waals surface area contributed by atoms with Crippen molar-refractivity contribution < 1.29 is 19.1 Å². The van der Waals surface area contributed by atoms with E-state index in [0.717, 1.165) is 12.0 Å². The van der Waals surface area contributed by atoms with Crippen LogP contribution in [0, 0.1) is 6.92 Å². The van der Waals surface area contributed by atoms with Crippen molar-refractivity contribution >= 4 is 5.97 Å². The Morgan fingerprint density at radius 1 is 1.24 bits per heavy atom. The van der Waals surface area contributed by atoms with Crippen molar-refractivity contribution in [2.75, 3.05) is 6.61 Å². The molecule has 0 bridgehead atoms. The fraction of sp³-hybridized carbons (Fsp3) is 0.250. The van der Waals surface area contributed by atoms with Gasteiger partial charge in [0.2, 0.25) is 5.76 Å². The Morgan fingerprint density at radius 2 is 2.00 bits per heavy atom. The topological polar surface area (TPSA) is 76.7 Å². The van der Waals surface area contributed by atoms with Gasteiger partial charge in [0, 0.05) is 17.2 Å². The average molecular weight is 288 g/mol. The van der Waals surface area contributed by atoms with Gasteiger partial charge in [0.25, 0.3) is 0 Å². The van der Waals surface area contributed by atoms with E-state index in [2.05, 4.69) is 0 Å². The minimum absolute atomic E-state index is 0.330. The van der Waals surface area contributed by atoms with Gasteiger partial charge in [-0.1, -0.05) is 18.6 Å². The van der Waals surface area contributed by atoms with Gasteiger partial charge in [-0.3, -0.25) is 0 Å². The van der Waals surface area contributed by atoms with E-state index in [1.54, 1.807) is 6.07 Å². The third kappa shape index (κ3) is 3.31. The van der Waals surface area contributed by atoms with E-state index >= 15 is 0 Å². The maximum absolute atomic E-state index is 11.3. The Kier molecular flexibility index (Phi) is 4.42. The van der Waals surface area contributed by atoms with Crippen LogP contribution >= 0.6 is 0 Å². The average Bonchev–Trinajstić information content (AvgIpc) is 2.46. The number of aryl methyl sites for hydroxylation is 1. The van der Waals surface area contributed by atoms with Crippen molar-refractivity contribution in [2.24, 2.45) is 0 Å². The fourth-order valence-electron chi connectivity index (χ4n) is 1.98. The molecule has 1 aromatic heterocycles. The number of rotatable bonds is 5. The number of benzene rings is 1. The SMILES string of the molecule is CCCOc1ccc(C)cc1-c1ccc(=O)oc1C(=O)O. The number of carbonyl (C=O) groups is 1. The lowest BCUT2D eigenvalue weighted by atomic mass is 10.0. The molecule has 0 unspecified atom stereocenters. The van der Waals surface area contributed by atoms with Crippen molar-refractivity contribution in [3.05, 3.63) is 52.1 Å². The van der Waals surface area contributed by atoms with Crippen LogP contribution < -0.4 is 10.4 Å². The Balaban J connectivity index is 2.62. The second kappa shape index (κ2) is 6.26. The number of hydrogen-bond acceptors (Lipinski definition) is 4. The fourth-order valence-corrected chi connectivity index (χ4v) is 1.98. The van der Waals surface area contributed by atoms with Crippen LogP contribution in [0.3, 0.4) is 0 Å². The smallest absolute Gasteiger partial charge is 0.372 e. The first-order chi connectivity index (χ1) is 10.0. The molecule has 0 amide bonds. The quantitative estimate of drug-likeness (QED) is 0.914. The number of aromatic carboxylic acids is 1. The van der Waals surface area contributed by atoms with E-state index in [-0.39, 0.29) is 5.76 Å². The van der Waals surface area contributed by atoms with E-state index in [9.17, 15) is 14.7 Å². The summed E-state index contributed by atoms with van der Waals surface area (Å²) in [6.07, 6.45) is 0.836. The van der Waals surface area contributed by atoms with Gasteiger partial charge in [0.05, 0.1) is 6.61 Å². The molecule has 0 radical (unpaired) electrons. The number of carboxylic acid groups (broad SMARTS) is 1. The Labute approximate surface area is 121 Å². The van der Waals surface area contributed by atoms with Crippen LogP contribution in [0.2, 0.25) is 0 Å². The zero-order chi connectivity index (χ0) is 15.4. The summed E-state index contributed by atoms with van der Waals surface area (Å²) in [5, 5.41) is 9.21. The predicted octanol–water partition coefficient (Wildman–Crippen LogP) is 3.10. The molecule has 2 aromatic rings. The standard InChI is InChI=1S/C16H16O5/c1-3-8-20-13-6-4-10(2)9-12(13)11-5-7-14(17)21-15(11)16(18)19/h4-7,9H,3,8H2,1-2H3,(H,18,19). The first-order valence-corrected chi connectivity index (χ1v) is 6.64. The van der Waals surface area contributed by atoms with E-state index < -0.39 is 11.6 Å². The van der Waals surface area contributed by atoms with Crippen LogP contribution in [0.25, 0.3) is 11.1 Å². The molecule has 0 spiro atoms. The minimum atomic E-state index is -1.29. The molecule has 0 aliphatic heterocycles. The van der Waals surface area contributed by atoms with Gasteiger partial charge >= 0.3 is 11.6 Å². The molecule has 0 aliphatic carbocycles. The highest BCUT2D eigenvalue weighted by Crippen LogP contribution is 2.33. The van der Waals surface area contributed by atoms with Crippen LogP contribution in [-0.2, 0) is 0 Å². The molecule has 0 atom stereocenters. The Bertz CT molecular complexity index is 715. The van der Waals surface area contributed by atoms with Crippen molar-refractivity contribution in [1.82, 2.24) is 0 Å². The van der Waals surface area contributed by atoms with Crippen molar-refractivity contribution in [1.29, 1.82) is 0 Å². The molecule has 1 heterocycles. The predicted molar refractivity (Wildman–Crippen MR) is 77.9 cm³/mol. The molecule has 0 aliphatic rings. The van der Waals surface area contributed by atoms with Gasteiger partial charge in [-0.2, -0.15) is 0 Å². The minimum Gasteiger partial charge on any atom is -0.493 e. The van der Waals surface area contributed by atoms with Crippen LogP contribution in [0.1, 0.15) is 29.5 Å². The van der Waals surface area contributed by atoms with Gasteiger partial charge < -0.3 is 14.3 Å². The molecule has 5 nitrogen and oxygen atoms in total. The van der Waals surface area contributed by atoms with Crippen molar-refractivity contribution in [3.63, 3.8) is 0 Å². The monoisotopic (exact) mass is 288 g/mol. The van der Waals surface area contributed by atoms with Crippen LogP contribution in [-0.4, -0.2) is 17.7 Å². The highest BCUT2D eigenvalue weighted by molar-refractivity contribution is 5.93. The van der Waals surface area contributed by atoms with Crippen LogP contribution in [0.5, 0.6) is 5.75 Å². The first kappa shape index (κ1) is 14.8. The molecule has 1 aromatic carbocycles.